The number of carbonyl (C=O) groups is 2. The second-order valence-electron chi connectivity index (χ2n) is 21.0. The molecule has 0 aromatic carbocycles. The van der Waals surface area contributed by atoms with Crippen LogP contribution in [0.25, 0.3) is 0 Å². The van der Waals surface area contributed by atoms with Crippen LogP contribution in [0.5, 0.6) is 0 Å². The van der Waals surface area contributed by atoms with Gasteiger partial charge in [-0.1, -0.05) is 210 Å². The molecular weight excluding hydrogens is 919 g/mol. The van der Waals surface area contributed by atoms with Gasteiger partial charge in [-0.05, 0) is 96.3 Å². The van der Waals surface area contributed by atoms with E-state index in [2.05, 4.69) is 55.6 Å². The van der Waals surface area contributed by atoms with Gasteiger partial charge in [-0.15, -0.1) is 0 Å². The van der Waals surface area contributed by atoms with Gasteiger partial charge in [0.1, 0.15) is 24.4 Å². The van der Waals surface area contributed by atoms with Crippen LogP contribution in [0.1, 0.15) is 271 Å². The molecule has 1 heterocycles. The number of hydrogen-bond acceptors (Lipinski definition) is 10. The molecule has 1 aliphatic heterocycles. The Balaban J connectivity index is 2.04. The Bertz CT molecular complexity index is 1350. The van der Waals surface area contributed by atoms with E-state index in [-0.39, 0.29) is 18.5 Å². The molecule has 0 aromatic heterocycles. The largest absolute Gasteiger partial charge is 0.466 e. The summed E-state index contributed by atoms with van der Waals surface area (Å²) in [4.78, 5) is 25.1. The van der Waals surface area contributed by atoms with Crippen LogP contribution in [0.4, 0.5) is 0 Å². The molecule has 1 rings (SSSR count). The van der Waals surface area contributed by atoms with Gasteiger partial charge >= 0.3 is 5.97 Å². The Morgan fingerprint density at radius 2 is 0.918 bits per heavy atom. The number of amides is 1. The van der Waals surface area contributed by atoms with Gasteiger partial charge in [0, 0.05) is 12.8 Å². The quantitative estimate of drug-likeness (QED) is 0.0195. The normalized spacial score (nSPS) is 19.2. The summed E-state index contributed by atoms with van der Waals surface area (Å²) in [5.41, 5.74) is 0. The van der Waals surface area contributed by atoms with E-state index in [1.54, 1.807) is 6.08 Å². The number of unbranched alkanes of at least 4 members (excludes halogenated alkanes) is 32. The third kappa shape index (κ3) is 41.5. The number of rotatable bonds is 52. The summed E-state index contributed by atoms with van der Waals surface area (Å²) >= 11 is 0. The van der Waals surface area contributed by atoms with E-state index in [1.807, 2.05) is 6.08 Å². The summed E-state index contributed by atoms with van der Waals surface area (Å²) < 4.78 is 16.7. The highest BCUT2D eigenvalue weighted by molar-refractivity contribution is 5.76. The monoisotopic (exact) mass is 1030 g/mol. The maximum atomic E-state index is 13.0. The SMILES string of the molecule is CCCCCCCC/C=C\CCCCCCCCCCCC(=O)OCCCCC/C=C\C/C=C\CCCCCCCCCC(=O)NC(COC1OC(CO)C(O)C(O)C1O)C(O)/C=C/CCCCCCCCC. The topological polar surface area (TPSA) is 175 Å². The van der Waals surface area contributed by atoms with Crippen molar-refractivity contribution in [3.8, 4) is 0 Å². The molecule has 1 amide bonds. The summed E-state index contributed by atoms with van der Waals surface area (Å²) in [5, 5.41) is 54.2. The van der Waals surface area contributed by atoms with Crippen molar-refractivity contribution in [2.45, 2.75) is 314 Å². The lowest BCUT2D eigenvalue weighted by molar-refractivity contribution is -0.302. The first-order chi connectivity index (χ1) is 35.7. The second-order valence-corrected chi connectivity index (χ2v) is 21.0. The zero-order valence-corrected chi connectivity index (χ0v) is 46.8. The Morgan fingerprint density at radius 3 is 1.40 bits per heavy atom. The van der Waals surface area contributed by atoms with E-state index in [0.29, 0.717) is 19.4 Å². The molecule has 1 aliphatic rings. The van der Waals surface area contributed by atoms with Gasteiger partial charge in [0.25, 0.3) is 0 Å². The molecule has 426 valence electrons. The van der Waals surface area contributed by atoms with E-state index in [0.717, 1.165) is 96.3 Å². The van der Waals surface area contributed by atoms with Gasteiger partial charge in [-0.2, -0.15) is 0 Å². The molecule has 6 N–H and O–H groups in total. The number of aliphatic hydroxyl groups excluding tert-OH is 5. The van der Waals surface area contributed by atoms with Crippen molar-refractivity contribution in [1.29, 1.82) is 0 Å². The Kier molecular flexibility index (Phi) is 48.6. The highest BCUT2D eigenvalue weighted by Crippen LogP contribution is 2.23. The second kappa shape index (κ2) is 51.7. The molecule has 0 saturated carbocycles. The first-order valence-electron chi connectivity index (χ1n) is 30.4. The average Bonchev–Trinajstić information content (AvgIpc) is 3.39. The molecule has 73 heavy (non-hydrogen) atoms. The van der Waals surface area contributed by atoms with Crippen LogP contribution in [-0.4, -0.2) is 100 Å². The van der Waals surface area contributed by atoms with Crippen molar-refractivity contribution in [3.63, 3.8) is 0 Å². The van der Waals surface area contributed by atoms with Gasteiger partial charge in [-0.3, -0.25) is 9.59 Å². The van der Waals surface area contributed by atoms with E-state index >= 15 is 0 Å². The molecule has 0 aromatic rings. The molecule has 11 heteroatoms. The predicted octanol–water partition coefficient (Wildman–Crippen LogP) is 14.1. The summed E-state index contributed by atoms with van der Waals surface area (Å²) in [5.74, 6) is -0.234. The molecule has 1 saturated heterocycles. The van der Waals surface area contributed by atoms with Crippen molar-refractivity contribution in [2.24, 2.45) is 0 Å². The van der Waals surface area contributed by atoms with E-state index in [4.69, 9.17) is 14.2 Å². The lowest BCUT2D eigenvalue weighted by Gasteiger charge is -2.40. The standard InChI is InChI=1S/C62H113NO10/c1-3-5-7-9-11-13-14-15-16-17-18-21-24-27-30-34-38-42-46-50-58(67)71-51-47-43-39-35-31-28-25-22-19-20-23-26-29-33-37-41-45-49-57(66)63-54(55(65)48-44-40-36-32-12-10-8-6-4-2)53-72-62-61(70)60(69)59(68)56(52-64)73-62/h15-16,19,22,28,31,44,48,54-56,59-62,64-65,68-70H,3-14,17-18,20-21,23-27,29-30,32-43,45-47,49-53H2,1-2H3,(H,63,66)/b16-15-,22-19-,31-28-,48-44+. The Labute approximate surface area is 446 Å². The van der Waals surface area contributed by atoms with E-state index in [1.165, 1.54) is 148 Å². The predicted molar refractivity (Wildman–Crippen MR) is 301 cm³/mol. The van der Waals surface area contributed by atoms with Crippen molar-refractivity contribution in [1.82, 2.24) is 5.32 Å². The van der Waals surface area contributed by atoms with Crippen molar-refractivity contribution >= 4 is 11.9 Å². The van der Waals surface area contributed by atoms with Gasteiger partial charge in [0.05, 0.1) is 32.0 Å². The van der Waals surface area contributed by atoms with Gasteiger partial charge < -0.3 is 45.1 Å². The summed E-state index contributed by atoms with van der Waals surface area (Å²) in [6, 6.07) is -0.821. The van der Waals surface area contributed by atoms with E-state index in [9.17, 15) is 35.1 Å². The van der Waals surface area contributed by atoms with Crippen molar-refractivity contribution in [3.05, 3.63) is 48.6 Å². The van der Waals surface area contributed by atoms with Crippen LogP contribution < -0.4 is 5.32 Å². The fourth-order valence-electron chi connectivity index (χ4n) is 9.28. The Hall–Kier alpha value is -2.38. The third-order valence-electron chi connectivity index (χ3n) is 14.2. The van der Waals surface area contributed by atoms with Gasteiger partial charge in [0.2, 0.25) is 5.91 Å². The zero-order chi connectivity index (χ0) is 53.1. The highest BCUT2D eigenvalue weighted by atomic mass is 16.7. The van der Waals surface area contributed by atoms with Crippen LogP contribution in [-0.2, 0) is 23.8 Å². The summed E-state index contributed by atoms with van der Waals surface area (Å²) in [6.45, 7) is 4.25. The van der Waals surface area contributed by atoms with Crippen molar-refractivity contribution in [2.75, 3.05) is 19.8 Å². The van der Waals surface area contributed by atoms with Gasteiger partial charge in [-0.25, -0.2) is 0 Å². The van der Waals surface area contributed by atoms with Crippen LogP contribution in [0.15, 0.2) is 48.6 Å². The fourth-order valence-corrected chi connectivity index (χ4v) is 9.28. The number of aliphatic hydroxyl groups is 5. The van der Waals surface area contributed by atoms with E-state index < -0.39 is 49.5 Å². The minimum Gasteiger partial charge on any atom is -0.466 e. The van der Waals surface area contributed by atoms with Crippen LogP contribution >= 0.6 is 0 Å². The van der Waals surface area contributed by atoms with Crippen LogP contribution in [0.2, 0.25) is 0 Å². The molecular formula is C62H113NO10. The molecule has 7 unspecified atom stereocenters. The molecule has 11 nitrogen and oxygen atoms in total. The first kappa shape index (κ1) is 68.6. The number of ether oxygens (including phenoxy) is 3. The maximum absolute atomic E-state index is 13.0. The molecule has 7 atom stereocenters. The smallest absolute Gasteiger partial charge is 0.305 e. The fraction of sp³-hybridized carbons (Fsp3) is 0.839. The number of carbonyl (C=O) groups excluding carboxylic acids is 2. The van der Waals surface area contributed by atoms with Crippen LogP contribution in [0.3, 0.4) is 0 Å². The minimum atomic E-state index is -1.58. The maximum Gasteiger partial charge on any atom is 0.305 e. The van der Waals surface area contributed by atoms with Crippen LogP contribution in [0, 0.1) is 0 Å². The molecule has 0 radical (unpaired) electrons. The summed E-state index contributed by atoms with van der Waals surface area (Å²) in [6.07, 6.45) is 55.1. The lowest BCUT2D eigenvalue weighted by Crippen LogP contribution is -2.60. The molecule has 1 fully saturated rings. The first-order valence-corrected chi connectivity index (χ1v) is 30.4. The molecule has 0 spiro atoms. The molecule has 0 aliphatic carbocycles. The number of allylic oxidation sites excluding steroid dienone is 7. The highest BCUT2D eigenvalue weighted by Gasteiger charge is 2.44. The minimum absolute atomic E-state index is 0.0333. The zero-order valence-electron chi connectivity index (χ0n) is 46.8. The average molecular weight is 1030 g/mol. The number of hydrogen-bond donors (Lipinski definition) is 6. The van der Waals surface area contributed by atoms with Crippen molar-refractivity contribution < 1.29 is 49.3 Å². The lowest BCUT2D eigenvalue weighted by atomic mass is 9.99. The third-order valence-corrected chi connectivity index (χ3v) is 14.2. The number of nitrogens with one attached hydrogen (secondary N) is 1. The number of esters is 1. The summed E-state index contributed by atoms with van der Waals surface area (Å²) in [7, 11) is 0. The molecule has 0 bridgehead atoms. The Morgan fingerprint density at radius 1 is 0.507 bits per heavy atom. The van der Waals surface area contributed by atoms with Gasteiger partial charge in [0.15, 0.2) is 6.29 Å².